The summed E-state index contributed by atoms with van der Waals surface area (Å²) in [6, 6.07) is 9.79. The minimum atomic E-state index is -0.352. The number of hydrogen-bond acceptors (Lipinski definition) is 4. The molecular weight excluding hydrogens is 365 g/mol. The summed E-state index contributed by atoms with van der Waals surface area (Å²) in [6.45, 7) is 2.02. The molecule has 25 heavy (non-hydrogen) atoms. The first-order valence-electron chi connectivity index (χ1n) is 7.49. The average Bonchev–Trinajstić information content (AvgIpc) is 2.58. The van der Waals surface area contributed by atoms with Crippen LogP contribution in [0.15, 0.2) is 36.4 Å². The Labute approximate surface area is 155 Å². The molecule has 132 valence electrons. The number of pyridine rings is 1. The first-order chi connectivity index (χ1) is 11.9. The van der Waals surface area contributed by atoms with E-state index < -0.39 is 0 Å². The maximum absolute atomic E-state index is 12.5. The van der Waals surface area contributed by atoms with Gasteiger partial charge >= 0.3 is 0 Å². The summed E-state index contributed by atoms with van der Waals surface area (Å²) < 4.78 is 5.11. The van der Waals surface area contributed by atoms with Gasteiger partial charge in [-0.25, -0.2) is 4.98 Å². The molecule has 0 aliphatic carbocycles. The van der Waals surface area contributed by atoms with Gasteiger partial charge in [-0.1, -0.05) is 29.3 Å². The van der Waals surface area contributed by atoms with Crippen molar-refractivity contribution >= 4 is 40.7 Å². The van der Waals surface area contributed by atoms with E-state index in [0.717, 1.165) is 0 Å². The van der Waals surface area contributed by atoms with E-state index in [2.05, 4.69) is 10.3 Å². The lowest BCUT2D eigenvalue weighted by Gasteiger charge is -2.20. The molecule has 0 unspecified atom stereocenters. The van der Waals surface area contributed by atoms with Crippen LogP contribution in [-0.4, -0.2) is 41.9 Å². The van der Waals surface area contributed by atoms with Gasteiger partial charge in [0.05, 0.1) is 7.11 Å². The molecule has 2 amide bonds. The molecule has 0 atom stereocenters. The maximum Gasteiger partial charge on any atom is 0.254 e. The molecule has 1 aromatic carbocycles. The van der Waals surface area contributed by atoms with Crippen LogP contribution in [0.3, 0.4) is 0 Å². The molecule has 1 aromatic heterocycles. The zero-order chi connectivity index (χ0) is 18.4. The molecular formula is C17H17Cl2N3O3. The van der Waals surface area contributed by atoms with Crippen molar-refractivity contribution in [1.82, 2.24) is 9.88 Å². The second-order valence-corrected chi connectivity index (χ2v) is 5.88. The van der Waals surface area contributed by atoms with E-state index in [1.54, 1.807) is 38.3 Å². The monoisotopic (exact) mass is 381 g/mol. The highest BCUT2D eigenvalue weighted by atomic mass is 35.5. The van der Waals surface area contributed by atoms with Crippen LogP contribution in [0.4, 0.5) is 5.69 Å². The number of halogens is 2. The largest absolute Gasteiger partial charge is 0.497 e. The molecule has 2 rings (SSSR count). The van der Waals surface area contributed by atoms with Crippen LogP contribution >= 0.6 is 23.2 Å². The van der Waals surface area contributed by atoms with Crippen LogP contribution in [0.25, 0.3) is 0 Å². The van der Waals surface area contributed by atoms with Crippen LogP contribution in [0.1, 0.15) is 17.3 Å². The fourth-order valence-corrected chi connectivity index (χ4v) is 2.63. The number of rotatable bonds is 6. The summed E-state index contributed by atoms with van der Waals surface area (Å²) in [7, 11) is 1.55. The number of hydrogen-bond donors (Lipinski definition) is 1. The van der Waals surface area contributed by atoms with Crippen LogP contribution in [0.5, 0.6) is 5.75 Å². The van der Waals surface area contributed by atoms with Crippen molar-refractivity contribution in [3.8, 4) is 5.75 Å². The Morgan fingerprint density at radius 2 is 1.88 bits per heavy atom. The topological polar surface area (TPSA) is 71.5 Å². The minimum absolute atomic E-state index is 0.107. The number of aromatic nitrogens is 1. The summed E-state index contributed by atoms with van der Waals surface area (Å²) in [4.78, 5) is 30.0. The zero-order valence-corrected chi connectivity index (χ0v) is 15.3. The van der Waals surface area contributed by atoms with Gasteiger partial charge in [-0.3, -0.25) is 9.59 Å². The van der Waals surface area contributed by atoms with E-state index in [-0.39, 0.29) is 34.2 Å². The van der Waals surface area contributed by atoms with Gasteiger partial charge in [0.2, 0.25) is 5.91 Å². The Morgan fingerprint density at radius 3 is 2.48 bits per heavy atom. The van der Waals surface area contributed by atoms with Crippen molar-refractivity contribution in [2.75, 3.05) is 25.5 Å². The highest BCUT2D eigenvalue weighted by molar-refractivity contribution is 6.33. The van der Waals surface area contributed by atoms with Crippen molar-refractivity contribution in [2.24, 2.45) is 0 Å². The molecule has 6 nitrogen and oxygen atoms in total. The van der Waals surface area contributed by atoms with Crippen molar-refractivity contribution < 1.29 is 14.3 Å². The maximum atomic E-state index is 12.5. The van der Waals surface area contributed by atoms with E-state index in [4.69, 9.17) is 27.9 Å². The number of likely N-dealkylation sites (N-methyl/N-ethyl adjacent to an activating group) is 1. The van der Waals surface area contributed by atoms with Crippen LogP contribution in [0.2, 0.25) is 10.3 Å². The third-order valence-corrected chi connectivity index (χ3v) is 3.75. The molecule has 0 radical (unpaired) electrons. The molecule has 0 fully saturated rings. The number of anilines is 1. The van der Waals surface area contributed by atoms with Crippen molar-refractivity contribution in [3.63, 3.8) is 0 Å². The van der Waals surface area contributed by atoms with E-state index in [1.165, 1.54) is 17.0 Å². The van der Waals surface area contributed by atoms with Gasteiger partial charge in [-0.2, -0.15) is 0 Å². The molecule has 2 aromatic rings. The number of methoxy groups -OCH3 is 1. The summed E-state index contributed by atoms with van der Waals surface area (Å²) in [5.74, 6) is -0.0495. The lowest BCUT2D eigenvalue weighted by atomic mass is 10.2. The van der Waals surface area contributed by atoms with Gasteiger partial charge in [-0.05, 0) is 31.2 Å². The normalized spacial score (nSPS) is 10.2. The summed E-state index contributed by atoms with van der Waals surface area (Å²) in [5.41, 5.74) is 0.865. The number of carbonyl (C=O) groups is 2. The fourth-order valence-electron chi connectivity index (χ4n) is 2.17. The number of amides is 2. The van der Waals surface area contributed by atoms with Gasteiger partial charge in [0, 0.05) is 23.9 Å². The van der Waals surface area contributed by atoms with E-state index in [0.29, 0.717) is 18.0 Å². The van der Waals surface area contributed by atoms with Gasteiger partial charge in [0.25, 0.3) is 5.91 Å². The standard InChI is InChI=1S/C17H17Cl2N3O3/c1-3-22(17(24)11-7-14(18)21-15(19)8-11)10-16(23)20-12-5-4-6-13(9-12)25-2/h4-9H,3,10H2,1-2H3,(H,20,23). The Hall–Kier alpha value is -2.31. The van der Waals surface area contributed by atoms with E-state index >= 15 is 0 Å². The molecule has 8 heteroatoms. The molecule has 0 aliphatic heterocycles. The number of nitrogens with one attached hydrogen (secondary N) is 1. The van der Waals surface area contributed by atoms with E-state index in [9.17, 15) is 9.59 Å². The lowest BCUT2D eigenvalue weighted by Crippen LogP contribution is -2.37. The minimum Gasteiger partial charge on any atom is -0.497 e. The van der Waals surface area contributed by atoms with Crippen LogP contribution in [-0.2, 0) is 4.79 Å². The first kappa shape index (κ1) is 19.0. The summed E-state index contributed by atoms with van der Waals surface area (Å²) in [5, 5.41) is 2.97. The molecule has 0 bridgehead atoms. The average molecular weight is 382 g/mol. The van der Waals surface area contributed by atoms with Gasteiger partial charge in [0.1, 0.15) is 22.6 Å². The van der Waals surface area contributed by atoms with Gasteiger partial charge < -0.3 is 15.0 Å². The van der Waals surface area contributed by atoms with Crippen molar-refractivity contribution in [1.29, 1.82) is 0 Å². The lowest BCUT2D eigenvalue weighted by molar-refractivity contribution is -0.116. The fraction of sp³-hybridized carbons (Fsp3) is 0.235. The second kappa shape index (κ2) is 8.69. The smallest absolute Gasteiger partial charge is 0.254 e. The number of carbonyl (C=O) groups excluding carboxylic acids is 2. The molecule has 0 spiro atoms. The SMILES string of the molecule is CCN(CC(=O)Nc1cccc(OC)c1)C(=O)c1cc(Cl)nc(Cl)c1. The number of ether oxygens (including phenoxy) is 1. The zero-order valence-electron chi connectivity index (χ0n) is 13.8. The Morgan fingerprint density at radius 1 is 1.20 bits per heavy atom. The van der Waals surface area contributed by atoms with Gasteiger partial charge in [-0.15, -0.1) is 0 Å². The summed E-state index contributed by atoms with van der Waals surface area (Å²) >= 11 is 11.7. The Kier molecular flexibility index (Phi) is 6.61. The number of benzene rings is 1. The predicted molar refractivity (Wildman–Crippen MR) is 97.5 cm³/mol. The number of nitrogens with zero attached hydrogens (tertiary/aromatic N) is 2. The third-order valence-electron chi connectivity index (χ3n) is 3.37. The van der Waals surface area contributed by atoms with Crippen molar-refractivity contribution in [2.45, 2.75) is 6.92 Å². The molecule has 1 N–H and O–H groups in total. The van der Waals surface area contributed by atoms with E-state index in [1.807, 2.05) is 0 Å². The molecule has 0 aliphatic rings. The van der Waals surface area contributed by atoms with Gasteiger partial charge in [0.15, 0.2) is 0 Å². The third kappa shape index (κ3) is 5.34. The molecule has 0 saturated heterocycles. The van der Waals surface area contributed by atoms with Crippen LogP contribution < -0.4 is 10.1 Å². The summed E-state index contributed by atoms with van der Waals surface area (Å²) in [6.07, 6.45) is 0. The quantitative estimate of drug-likeness (QED) is 0.777. The second-order valence-electron chi connectivity index (χ2n) is 5.10. The predicted octanol–water partition coefficient (Wildman–Crippen LogP) is 3.50. The molecule has 0 saturated carbocycles. The Balaban J connectivity index is 2.07. The van der Waals surface area contributed by atoms with Crippen molar-refractivity contribution in [3.05, 3.63) is 52.3 Å². The Bertz CT molecular complexity index is 763. The molecule has 1 heterocycles. The highest BCUT2D eigenvalue weighted by Crippen LogP contribution is 2.18. The first-order valence-corrected chi connectivity index (χ1v) is 8.24. The van der Waals surface area contributed by atoms with Crippen LogP contribution in [0, 0.1) is 0 Å². The highest BCUT2D eigenvalue weighted by Gasteiger charge is 2.19.